The van der Waals surface area contributed by atoms with Gasteiger partial charge in [0.25, 0.3) is 0 Å². The Labute approximate surface area is 264 Å². The highest BCUT2D eigenvalue weighted by Crippen LogP contribution is 2.39. The molecule has 1 aromatic carbocycles. The van der Waals surface area contributed by atoms with Crippen LogP contribution < -0.4 is 10.1 Å². The van der Waals surface area contributed by atoms with Gasteiger partial charge in [0.2, 0.25) is 11.8 Å². The standard InChI is InChI=1S/C33H35F3N8O2/c1-3-20-11-23(12-22-13-26(17-38-29(20)22)46-32-27-14-25(16-37)41-30(27)39-19-40-32)31(45)42-24-6-5-21(28(15-24)33(34,35)36)18-44-9-7-43(4-2)8-10-44/h5-6,13-15,17,19-20,23H,3-4,7-12,18H2,1-2H3,(H,42,45)(H,39,40,41). The molecule has 2 atom stereocenters. The molecule has 2 aliphatic rings. The highest BCUT2D eigenvalue weighted by atomic mass is 19.4. The molecule has 10 nitrogen and oxygen atoms in total. The molecule has 6 rings (SSSR count). The molecule has 1 aliphatic heterocycles. The zero-order valence-corrected chi connectivity index (χ0v) is 25.7. The molecule has 0 saturated carbocycles. The van der Waals surface area contributed by atoms with E-state index in [0.29, 0.717) is 48.4 Å². The molecule has 1 amide bonds. The van der Waals surface area contributed by atoms with Crippen molar-refractivity contribution in [3.05, 3.63) is 70.9 Å². The van der Waals surface area contributed by atoms with Crippen molar-refractivity contribution in [3.63, 3.8) is 0 Å². The fourth-order valence-corrected chi connectivity index (χ4v) is 6.42. The number of benzene rings is 1. The van der Waals surface area contributed by atoms with Gasteiger partial charge in [-0.15, -0.1) is 0 Å². The molecule has 2 N–H and O–H groups in total. The summed E-state index contributed by atoms with van der Waals surface area (Å²) < 4.78 is 48.6. The highest BCUT2D eigenvalue weighted by Gasteiger charge is 2.35. The number of aromatic amines is 1. The zero-order chi connectivity index (χ0) is 32.4. The Morgan fingerprint density at radius 2 is 1.89 bits per heavy atom. The number of nitrogens with one attached hydrogen (secondary N) is 2. The van der Waals surface area contributed by atoms with E-state index in [2.05, 4.69) is 37.1 Å². The van der Waals surface area contributed by atoms with E-state index in [0.717, 1.165) is 43.4 Å². The average molecular weight is 633 g/mol. The third kappa shape index (κ3) is 6.68. The minimum Gasteiger partial charge on any atom is -0.437 e. The Bertz CT molecular complexity index is 1780. The lowest BCUT2D eigenvalue weighted by Crippen LogP contribution is -2.45. The Balaban J connectivity index is 1.18. The van der Waals surface area contributed by atoms with Crippen LogP contribution in [0.2, 0.25) is 0 Å². The second-order valence-electron chi connectivity index (χ2n) is 11.9. The number of piperazine rings is 1. The van der Waals surface area contributed by atoms with Crippen LogP contribution in [0, 0.1) is 17.2 Å². The number of hydrogen-bond acceptors (Lipinski definition) is 8. The van der Waals surface area contributed by atoms with Crippen molar-refractivity contribution in [1.82, 2.24) is 29.7 Å². The lowest BCUT2D eigenvalue weighted by atomic mass is 9.78. The maximum absolute atomic E-state index is 14.2. The van der Waals surface area contributed by atoms with Crippen LogP contribution in [0.5, 0.6) is 11.6 Å². The van der Waals surface area contributed by atoms with Gasteiger partial charge >= 0.3 is 6.18 Å². The molecule has 4 aromatic rings. The summed E-state index contributed by atoms with van der Waals surface area (Å²) in [4.78, 5) is 33.7. The molecular weight excluding hydrogens is 597 g/mol. The summed E-state index contributed by atoms with van der Waals surface area (Å²) in [5.74, 6) is -0.124. The van der Waals surface area contributed by atoms with Gasteiger partial charge < -0.3 is 19.9 Å². The number of anilines is 1. The monoisotopic (exact) mass is 632 g/mol. The number of nitrogens with zero attached hydrogens (tertiary/aromatic N) is 6. The number of likely N-dealkylation sites (N-methyl/N-ethyl adjacent to an activating group) is 1. The SMILES string of the molecule is CCC1CC(C(=O)Nc2ccc(CN3CCN(CC)CC3)c(C(F)(F)F)c2)Cc2cc(Oc3ncnc4[nH]c(C#N)cc34)cnc21. The first kappa shape index (κ1) is 31.4. The first-order chi connectivity index (χ1) is 22.1. The number of amides is 1. The number of nitriles is 1. The van der Waals surface area contributed by atoms with Gasteiger partial charge in [0.05, 0.1) is 17.1 Å². The predicted octanol–water partition coefficient (Wildman–Crippen LogP) is 5.87. The van der Waals surface area contributed by atoms with Crippen LogP contribution in [0.25, 0.3) is 11.0 Å². The van der Waals surface area contributed by atoms with E-state index in [-0.39, 0.29) is 35.5 Å². The van der Waals surface area contributed by atoms with E-state index in [1.54, 1.807) is 18.3 Å². The molecule has 240 valence electrons. The van der Waals surface area contributed by atoms with Crippen LogP contribution in [0.15, 0.2) is 42.9 Å². The molecule has 1 fully saturated rings. The lowest BCUT2D eigenvalue weighted by molar-refractivity contribution is -0.138. The molecule has 46 heavy (non-hydrogen) atoms. The fourth-order valence-electron chi connectivity index (χ4n) is 6.42. The Kier molecular flexibility index (Phi) is 8.93. The van der Waals surface area contributed by atoms with Crippen LogP contribution in [0.3, 0.4) is 0 Å². The summed E-state index contributed by atoms with van der Waals surface area (Å²) in [6.07, 6.45) is 0.0279. The van der Waals surface area contributed by atoms with Gasteiger partial charge in [-0.1, -0.05) is 19.9 Å². The van der Waals surface area contributed by atoms with Crippen molar-refractivity contribution in [1.29, 1.82) is 5.26 Å². The normalized spacial score (nSPS) is 19.0. The van der Waals surface area contributed by atoms with E-state index in [9.17, 15) is 23.2 Å². The van der Waals surface area contributed by atoms with E-state index < -0.39 is 17.7 Å². The number of halogens is 3. The second-order valence-corrected chi connectivity index (χ2v) is 11.9. The number of rotatable bonds is 8. The van der Waals surface area contributed by atoms with Crippen LogP contribution in [-0.2, 0) is 23.9 Å². The lowest BCUT2D eigenvalue weighted by Gasteiger charge is -2.34. The highest BCUT2D eigenvalue weighted by molar-refractivity contribution is 5.93. The number of carbonyl (C=O) groups excluding carboxylic acids is 1. The Morgan fingerprint density at radius 1 is 1.11 bits per heavy atom. The molecule has 0 bridgehead atoms. The van der Waals surface area contributed by atoms with Crippen molar-refractivity contribution in [2.75, 3.05) is 38.0 Å². The van der Waals surface area contributed by atoms with Crippen molar-refractivity contribution < 1.29 is 22.7 Å². The summed E-state index contributed by atoms with van der Waals surface area (Å²) in [5, 5.41) is 12.5. The second kappa shape index (κ2) is 13.1. The third-order valence-corrected chi connectivity index (χ3v) is 8.97. The number of alkyl halides is 3. The van der Waals surface area contributed by atoms with Crippen LogP contribution in [0.1, 0.15) is 60.7 Å². The number of hydrogen-bond donors (Lipinski definition) is 2. The van der Waals surface area contributed by atoms with Crippen LogP contribution in [-0.4, -0.2) is 68.4 Å². The summed E-state index contributed by atoms with van der Waals surface area (Å²) in [6.45, 7) is 8.33. The smallest absolute Gasteiger partial charge is 0.416 e. The molecule has 3 aromatic heterocycles. The molecule has 0 spiro atoms. The topological polar surface area (TPSA) is 123 Å². The molecule has 1 saturated heterocycles. The number of pyridine rings is 1. The number of ether oxygens (including phenoxy) is 1. The Morgan fingerprint density at radius 3 is 2.61 bits per heavy atom. The van der Waals surface area contributed by atoms with Crippen molar-refractivity contribution >= 4 is 22.6 Å². The molecule has 1 aliphatic carbocycles. The van der Waals surface area contributed by atoms with E-state index in [4.69, 9.17) is 4.74 Å². The molecule has 4 heterocycles. The molecule has 0 radical (unpaired) electrons. The molecular formula is C33H35F3N8O2. The number of carbonyl (C=O) groups is 1. The zero-order valence-electron chi connectivity index (χ0n) is 25.7. The van der Waals surface area contributed by atoms with Gasteiger partial charge in [-0.25, -0.2) is 9.97 Å². The van der Waals surface area contributed by atoms with Crippen molar-refractivity contribution in [2.24, 2.45) is 5.92 Å². The van der Waals surface area contributed by atoms with Crippen LogP contribution >= 0.6 is 0 Å². The van der Waals surface area contributed by atoms with Gasteiger partial charge in [-0.2, -0.15) is 18.4 Å². The van der Waals surface area contributed by atoms with Gasteiger partial charge in [-0.05, 0) is 61.2 Å². The minimum absolute atomic E-state index is 0.00320. The van der Waals surface area contributed by atoms with Crippen molar-refractivity contribution in [2.45, 2.75) is 51.7 Å². The molecule has 2 unspecified atom stereocenters. The van der Waals surface area contributed by atoms with Crippen LogP contribution in [0.4, 0.5) is 18.9 Å². The first-order valence-corrected chi connectivity index (χ1v) is 15.5. The van der Waals surface area contributed by atoms with Crippen molar-refractivity contribution in [3.8, 4) is 17.7 Å². The fraction of sp³-hybridized carbons (Fsp3) is 0.424. The Hall–Kier alpha value is -4.54. The van der Waals surface area contributed by atoms with Gasteiger partial charge in [0.1, 0.15) is 29.5 Å². The minimum atomic E-state index is -4.55. The summed E-state index contributed by atoms with van der Waals surface area (Å²) in [5.41, 5.74) is 2.11. The average Bonchev–Trinajstić information content (AvgIpc) is 3.49. The largest absolute Gasteiger partial charge is 0.437 e. The summed E-state index contributed by atoms with van der Waals surface area (Å²) >= 11 is 0. The van der Waals surface area contributed by atoms with Gasteiger partial charge in [-0.3, -0.25) is 14.7 Å². The predicted molar refractivity (Wildman–Crippen MR) is 165 cm³/mol. The van der Waals surface area contributed by atoms with E-state index >= 15 is 0 Å². The third-order valence-electron chi connectivity index (χ3n) is 8.97. The van der Waals surface area contributed by atoms with E-state index in [1.807, 2.05) is 24.0 Å². The quantitative estimate of drug-likeness (QED) is 0.247. The van der Waals surface area contributed by atoms with Gasteiger partial charge in [0.15, 0.2) is 0 Å². The van der Waals surface area contributed by atoms with E-state index in [1.165, 1.54) is 12.4 Å². The molecule has 13 heteroatoms. The number of H-pyrrole nitrogens is 1. The summed E-state index contributed by atoms with van der Waals surface area (Å²) in [6, 6.07) is 9.57. The maximum atomic E-state index is 14.2. The summed E-state index contributed by atoms with van der Waals surface area (Å²) in [7, 11) is 0. The number of aromatic nitrogens is 4. The van der Waals surface area contributed by atoms with Gasteiger partial charge in [0, 0.05) is 55.9 Å². The number of fused-ring (bicyclic) bond motifs is 2. The first-order valence-electron chi connectivity index (χ1n) is 15.5. The maximum Gasteiger partial charge on any atom is 0.416 e.